The average Bonchev–Trinajstić information content (AvgIpc) is 2.45. The second kappa shape index (κ2) is 7.53. The second-order valence-electron chi connectivity index (χ2n) is 7.05. The summed E-state index contributed by atoms with van der Waals surface area (Å²) in [7, 11) is -0.855. The van der Waals surface area contributed by atoms with Gasteiger partial charge in [-0.05, 0) is 52.3 Å². The van der Waals surface area contributed by atoms with Gasteiger partial charge in [0.2, 0.25) is 10.0 Å². The largest absolute Gasteiger partial charge is 0.449 e. The third-order valence-electron chi connectivity index (χ3n) is 3.36. The minimum Gasteiger partial charge on any atom is -0.449 e. The van der Waals surface area contributed by atoms with E-state index >= 15 is 0 Å². The summed E-state index contributed by atoms with van der Waals surface area (Å²) in [5.74, 6) is -1.17. The van der Waals surface area contributed by atoms with E-state index in [-0.39, 0.29) is 10.5 Å². The normalized spacial score (nSPS) is 13.4. The third-order valence-corrected chi connectivity index (χ3v) is 5.17. The van der Waals surface area contributed by atoms with Crippen molar-refractivity contribution in [2.45, 2.75) is 51.2 Å². The molecule has 0 aliphatic heterocycles. The van der Waals surface area contributed by atoms with Crippen LogP contribution in [0.1, 0.15) is 43.6 Å². The predicted molar refractivity (Wildman–Crippen MR) is 94.8 cm³/mol. The van der Waals surface area contributed by atoms with E-state index in [4.69, 9.17) is 4.74 Å². The number of nitrogens with one attached hydrogen (secondary N) is 1. The average molecular weight is 370 g/mol. The molecule has 0 aromatic heterocycles. The van der Waals surface area contributed by atoms with E-state index in [2.05, 4.69) is 5.32 Å². The molecule has 0 fully saturated rings. The first kappa shape index (κ1) is 21.1. The summed E-state index contributed by atoms with van der Waals surface area (Å²) in [6.45, 7) is 8.59. The van der Waals surface area contributed by atoms with Crippen molar-refractivity contribution in [3.63, 3.8) is 0 Å². The van der Waals surface area contributed by atoms with E-state index in [1.165, 1.54) is 39.2 Å². The molecule has 0 bridgehead atoms. The Hall–Kier alpha value is -1.93. The van der Waals surface area contributed by atoms with Gasteiger partial charge in [-0.1, -0.05) is 6.07 Å². The van der Waals surface area contributed by atoms with E-state index in [9.17, 15) is 18.0 Å². The van der Waals surface area contributed by atoms with Crippen LogP contribution in [0.5, 0.6) is 0 Å². The molecule has 1 N–H and O–H groups in total. The van der Waals surface area contributed by atoms with E-state index in [0.717, 1.165) is 4.31 Å². The van der Waals surface area contributed by atoms with E-state index in [1.807, 2.05) is 20.8 Å². The standard InChI is InChI=1S/C17H26N2O5S/c1-11-8-9-13(25(22,23)19(6)7)10-14(11)16(21)24-12(2)15(20)18-17(3,4)5/h8-10,12H,1-7H3,(H,18,20)/t12-/m0/s1. The molecule has 0 aliphatic carbocycles. The van der Waals surface area contributed by atoms with Crippen molar-refractivity contribution in [3.8, 4) is 0 Å². The van der Waals surface area contributed by atoms with Gasteiger partial charge in [-0.25, -0.2) is 17.5 Å². The highest BCUT2D eigenvalue weighted by molar-refractivity contribution is 7.89. The molecule has 1 rings (SSSR count). The number of amides is 1. The predicted octanol–water partition coefficient (Wildman–Crippen LogP) is 1.71. The first-order chi connectivity index (χ1) is 11.3. The van der Waals surface area contributed by atoms with Crippen molar-refractivity contribution >= 4 is 21.9 Å². The highest BCUT2D eigenvalue weighted by Crippen LogP contribution is 2.19. The van der Waals surface area contributed by atoms with Gasteiger partial charge in [0.25, 0.3) is 5.91 Å². The van der Waals surface area contributed by atoms with Crippen LogP contribution in [0.3, 0.4) is 0 Å². The smallest absolute Gasteiger partial charge is 0.339 e. The Morgan fingerprint density at radius 2 is 1.76 bits per heavy atom. The van der Waals surface area contributed by atoms with Crippen LogP contribution >= 0.6 is 0 Å². The Kier molecular flexibility index (Phi) is 6.36. The summed E-state index contributed by atoms with van der Waals surface area (Å²) in [6.07, 6.45) is -1.000. The van der Waals surface area contributed by atoms with E-state index in [1.54, 1.807) is 6.92 Å². The maximum absolute atomic E-state index is 12.4. The second-order valence-corrected chi connectivity index (χ2v) is 9.20. The first-order valence-electron chi connectivity index (χ1n) is 7.82. The minimum atomic E-state index is -3.67. The maximum atomic E-state index is 12.4. The fourth-order valence-electron chi connectivity index (χ4n) is 1.94. The zero-order valence-corrected chi connectivity index (χ0v) is 16.5. The molecule has 0 aliphatic rings. The van der Waals surface area contributed by atoms with Crippen LogP contribution < -0.4 is 5.32 Å². The number of sulfonamides is 1. The Balaban J connectivity index is 3.05. The lowest BCUT2D eigenvalue weighted by Crippen LogP contribution is -2.46. The van der Waals surface area contributed by atoms with Gasteiger partial charge in [-0.2, -0.15) is 0 Å². The van der Waals surface area contributed by atoms with Gasteiger partial charge in [0.15, 0.2) is 6.10 Å². The van der Waals surface area contributed by atoms with E-state index < -0.39 is 33.5 Å². The van der Waals surface area contributed by atoms with Crippen LogP contribution in [0.4, 0.5) is 0 Å². The molecule has 140 valence electrons. The highest BCUT2D eigenvalue weighted by Gasteiger charge is 2.25. The summed E-state index contributed by atoms with van der Waals surface area (Å²) < 4.78 is 30.7. The molecule has 0 heterocycles. The molecule has 1 atom stereocenters. The van der Waals surface area contributed by atoms with E-state index in [0.29, 0.717) is 5.56 Å². The van der Waals surface area contributed by atoms with Gasteiger partial charge in [0, 0.05) is 19.6 Å². The Morgan fingerprint density at radius 1 is 1.20 bits per heavy atom. The zero-order valence-electron chi connectivity index (χ0n) is 15.7. The van der Waals surface area contributed by atoms with Gasteiger partial charge in [0.1, 0.15) is 0 Å². The van der Waals surface area contributed by atoms with Crippen LogP contribution in [0.15, 0.2) is 23.1 Å². The van der Waals surface area contributed by atoms with Crippen LogP contribution in [-0.2, 0) is 19.6 Å². The number of hydrogen-bond donors (Lipinski definition) is 1. The molecule has 1 aromatic carbocycles. The molecular weight excluding hydrogens is 344 g/mol. The number of hydrogen-bond acceptors (Lipinski definition) is 5. The number of esters is 1. The Bertz CT molecular complexity index is 764. The summed E-state index contributed by atoms with van der Waals surface area (Å²) in [5, 5.41) is 2.72. The van der Waals surface area contributed by atoms with Gasteiger partial charge >= 0.3 is 5.97 Å². The summed E-state index contributed by atoms with van der Waals surface area (Å²) in [4.78, 5) is 24.4. The SMILES string of the molecule is Cc1ccc(S(=O)(=O)N(C)C)cc1C(=O)O[C@@H](C)C(=O)NC(C)(C)C. The molecule has 25 heavy (non-hydrogen) atoms. The molecule has 7 nitrogen and oxygen atoms in total. The number of ether oxygens (including phenoxy) is 1. The molecule has 1 amide bonds. The summed E-state index contributed by atoms with van der Waals surface area (Å²) >= 11 is 0. The monoisotopic (exact) mass is 370 g/mol. The number of carbonyl (C=O) groups is 2. The summed E-state index contributed by atoms with van der Waals surface area (Å²) in [6, 6.07) is 4.23. The topological polar surface area (TPSA) is 92.8 Å². The zero-order chi connectivity index (χ0) is 19.6. The lowest BCUT2D eigenvalue weighted by molar-refractivity contribution is -0.130. The number of aryl methyl sites for hydroxylation is 1. The Morgan fingerprint density at radius 3 is 2.24 bits per heavy atom. The minimum absolute atomic E-state index is 0.0122. The lowest BCUT2D eigenvalue weighted by Gasteiger charge is -2.23. The Labute approximate surface area is 149 Å². The molecular formula is C17H26N2O5S. The van der Waals surface area contributed by atoms with Gasteiger partial charge in [-0.3, -0.25) is 4.79 Å². The van der Waals surface area contributed by atoms with Crippen LogP contribution in [0.25, 0.3) is 0 Å². The fraction of sp³-hybridized carbons (Fsp3) is 0.529. The van der Waals surface area contributed by atoms with Crippen molar-refractivity contribution in [2.75, 3.05) is 14.1 Å². The highest BCUT2D eigenvalue weighted by atomic mass is 32.2. The number of rotatable bonds is 5. The lowest BCUT2D eigenvalue weighted by atomic mass is 10.1. The van der Waals surface area contributed by atoms with Crippen molar-refractivity contribution < 1.29 is 22.7 Å². The van der Waals surface area contributed by atoms with Gasteiger partial charge in [-0.15, -0.1) is 0 Å². The number of benzene rings is 1. The van der Waals surface area contributed by atoms with Gasteiger partial charge in [0.05, 0.1) is 10.5 Å². The molecule has 0 spiro atoms. The number of carbonyl (C=O) groups excluding carboxylic acids is 2. The molecule has 0 saturated heterocycles. The first-order valence-corrected chi connectivity index (χ1v) is 9.26. The maximum Gasteiger partial charge on any atom is 0.339 e. The van der Waals surface area contributed by atoms with Crippen LogP contribution in [0, 0.1) is 6.92 Å². The van der Waals surface area contributed by atoms with Crippen molar-refractivity contribution in [1.29, 1.82) is 0 Å². The summed E-state index contributed by atoms with van der Waals surface area (Å²) in [5.41, 5.74) is 0.220. The molecule has 0 unspecified atom stereocenters. The third kappa shape index (κ3) is 5.54. The van der Waals surface area contributed by atoms with Crippen molar-refractivity contribution in [3.05, 3.63) is 29.3 Å². The van der Waals surface area contributed by atoms with Crippen molar-refractivity contribution in [1.82, 2.24) is 9.62 Å². The fourth-order valence-corrected chi connectivity index (χ4v) is 2.87. The molecule has 0 radical (unpaired) electrons. The quantitative estimate of drug-likeness (QED) is 0.797. The molecule has 0 saturated carbocycles. The van der Waals surface area contributed by atoms with Crippen LogP contribution in [0.2, 0.25) is 0 Å². The molecule has 1 aromatic rings. The van der Waals surface area contributed by atoms with Crippen LogP contribution in [-0.4, -0.2) is 50.3 Å². The number of nitrogens with zero attached hydrogens (tertiary/aromatic N) is 1. The molecule has 8 heteroatoms. The van der Waals surface area contributed by atoms with Gasteiger partial charge < -0.3 is 10.1 Å². The van der Waals surface area contributed by atoms with Crippen molar-refractivity contribution in [2.24, 2.45) is 0 Å².